The molecular weight excluding hydrogens is 729 g/mol. The number of hydrogen-bond acceptors (Lipinski definition) is 9. The summed E-state index contributed by atoms with van der Waals surface area (Å²) in [5.41, 5.74) is 5.28. The molecule has 57 heavy (non-hydrogen) atoms. The first-order chi connectivity index (χ1) is 27.8. The third-order valence-electron chi connectivity index (χ3n) is 11.8. The molecule has 1 unspecified atom stereocenters. The number of aromatic amines is 2. The first-order valence-electron chi connectivity index (χ1n) is 19.8. The zero-order chi connectivity index (χ0) is 39.2. The van der Waals surface area contributed by atoms with E-state index in [0.717, 1.165) is 108 Å². The number of benzene rings is 2. The molecule has 2 aliphatic heterocycles. The number of carbonyl (C=O) groups is 4. The van der Waals surface area contributed by atoms with Crippen molar-refractivity contribution in [3.63, 3.8) is 0 Å². The zero-order valence-electron chi connectivity index (χ0n) is 32.0. The smallest absolute Gasteiger partial charge is 0.407 e. The molecule has 2 saturated heterocycles. The van der Waals surface area contributed by atoms with Crippen LogP contribution in [-0.4, -0.2) is 93.1 Å². The topological polar surface area (TPSA) is 188 Å². The number of imidazole rings is 2. The highest BCUT2D eigenvalue weighted by Crippen LogP contribution is 2.40. The summed E-state index contributed by atoms with van der Waals surface area (Å²) in [5.74, 6) is 2.30. The number of amides is 4. The molecule has 0 radical (unpaired) electrons. The van der Waals surface area contributed by atoms with Crippen molar-refractivity contribution in [2.75, 3.05) is 27.3 Å². The van der Waals surface area contributed by atoms with Crippen molar-refractivity contribution in [1.29, 1.82) is 0 Å². The van der Waals surface area contributed by atoms with Gasteiger partial charge in [-0.05, 0) is 93.0 Å². The molecule has 15 heteroatoms. The maximum atomic E-state index is 13.6. The number of nitrogens with one attached hydrogen (secondary N) is 4. The Balaban J connectivity index is 0.873. The lowest BCUT2D eigenvalue weighted by molar-refractivity contribution is -0.135. The van der Waals surface area contributed by atoms with Crippen molar-refractivity contribution in [3.8, 4) is 33.8 Å². The van der Waals surface area contributed by atoms with Gasteiger partial charge in [0, 0.05) is 29.6 Å². The van der Waals surface area contributed by atoms with Gasteiger partial charge < -0.3 is 44.3 Å². The van der Waals surface area contributed by atoms with E-state index < -0.39 is 24.3 Å². The highest BCUT2D eigenvalue weighted by atomic mass is 16.5. The Morgan fingerprint density at radius 1 is 0.684 bits per heavy atom. The molecule has 4 N–H and O–H groups in total. The van der Waals surface area contributed by atoms with E-state index in [1.807, 2.05) is 52.3 Å². The molecule has 5 heterocycles. The van der Waals surface area contributed by atoms with Crippen molar-refractivity contribution in [2.45, 2.75) is 75.5 Å². The first-order valence-corrected chi connectivity index (χ1v) is 19.8. The average Bonchev–Trinajstić information content (AvgIpc) is 3.82. The second-order valence-corrected chi connectivity index (χ2v) is 15.6. The molecule has 0 bridgehead atoms. The molecule has 4 fully saturated rings. The normalized spacial score (nSPS) is 20.4. The second kappa shape index (κ2) is 15.1. The van der Waals surface area contributed by atoms with Gasteiger partial charge in [0.15, 0.2) is 0 Å². The third kappa shape index (κ3) is 7.33. The summed E-state index contributed by atoms with van der Waals surface area (Å²) in [5, 5.41) is 6.46. The molecule has 5 aromatic rings. The molecular formula is C42H46N8O7. The lowest BCUT2D eigenvalue weighted by Gasteiger charge is -2.28. The molecule has 9 rings (SSSR count). The minimum absolute atomic E-state index is 0.0850. The lowest BCUT2D eigenvalue weighted by atomic mass is 10.1. The standard InChI is InChI=1S/C42H46N8O7/c1-55-41(53)47-35(25-11-12-25)39(51)49-17-3-5-31(49)37-43-21-29(45-37)23-7-9-24(10-8-23)34-20-28-19-27(15-16-33(28)57-34)30-22-44-38(46-30)32-6-4-18-50(32)40(52)36(26-13-14-26)48-42(54)56-2/h7-10,15-16,19-22,25-26,31-32,35-36H,3-6,11-14,17-18H2,1-2H3,(H,43,45)(H,44,46)(H,47,53)(H,48,54)/t31-,32?,35-,36-/m0/s1. The molecule has 2 saturated carbocycles. The maximum Gasteiger partial charge on any atom is 0.407 e. The van der Waals surface area contributed by atoms with Crippen LogP contribution in [0.1, 0.15) is 75.1 Å². The summed E-state index contributed by atoms with van der Waals surface area (Å²) < 4.78 is 15.9. The Morgan fingerprint density at radius 3 is 1.68 bits per heavy atom. The molecule has 4 aliphatic rings. The molecule has 296 valence electrons. The SMILES string of the molecule is COC(=O)N[C@H](C(=O)N1CCCC1c1ncc(-c2ccc3oc(-c4ccc(-c5cnc([C@@H]6CCCN6C(=O)[C@@H](NC(=O)OC)C6CC6)[nH]5)cc4)cc3c2)[nH]1)C1CC1. The van der Waals surface area contributed by atoms with Gasteiger partial charge in [-0.25, -0.2) is 19.6 Å². The number of fused-ring (bicyclic) bond motifs is 1. The predicted molar refractivity (Wildman–Crippen MR) is 208 cm³/mol. The summed E-state index contributed by atoms with van der Waals surface area (Å²) >= 11 is 0. The first kappa shape index (κ1) is 36.5. The van der Waals surface area contributed by atoms with E-state index in [9.17, 15) is 19.2 Å². The van der Waals surface area contributed by atoms with Crippen LogP contribution in [0.3, 0.4) is 0 Å². The van der Waals surface area contributed by atoms with E-state index in [2.05, 4.69) is 31.7 Å². The van der Waals surface area contributed by atoms with Gasteiger partial charge in [0.1, 0.15) is 35.1 Å². The summed E-state index contributed by atoms with van der Waals surface area (Å²) in [4.78, 5) is 71.2. The van der Waals surface area contributed by atoms with E-state index in [1.165, 1.54) is 14.2 Å². The van der Waals surface area contributed by atoms with Crippen LogP contribution >= 0.6 is 0 Å². The number of methoxy groups -OCH3 is 2. The number of ether oxygens (including phenoxy) is 2. The number of carbonyl (C=O) groups excluding carboxylic acids is 4. The summed E-state index contributed by atoms with van der Waals surface area (Å²) in [6, 6.07) is 14.6. The van der Waals surface area contributed by atoms with E-state index >= 15 is 0 Å². The number of rotatable bonds is 11. The fourth-order valence-electron chi connectivity index (χ4n) is 8.45. The third-order valence-corrected chi connectivity index (χ3v) is 11.8. The van der Waals surface area contributed by atoms with Gasteiger partial charge in [0.05, 0.1) is 50.1 Å². The molecule has 0 spiro atoms. The summed E-state index contributed by atoms with van der Waals surface area (Å²) in [6.45, 7) is 1.23. The number of hydrogen-bond donors (Lipinski definition) is 4. The van der Waals surface area contributed by atoms with Crippen LogP contribution in [0.25, 0.3) is 44.8 Å². The van der Waals surface area contributed by atoms with Gasteiger partial charge in [-0.2, -0.15) is 0 Å². The van der Waals surface area contributed by atoms with Crippen LogP contribution in [-0.2, 0) is 19.1 Å². The Hall–Kier alpha value is -6.12. The lowest BCUT2D eigenvalue weighted by Crippen LogP contribution is -2.49. The Bertz CT molecular complexity index is 2310. The molecule has 2 aliphatic carbocycles. The van der Waals surface area contributed by atoms with Crippen LogP contribution < -0.4 is 10.6 Å². The van der Waals surface area contributed by atoms with E-state index in [1.54, 1.807) is 12.4 Å². The zero-order valence-corrected chi connectivity index (χ0v) is 32.0. The highest BCUT2D eigenvalue weighted by Gasteiger charge is 2.44. The molecule has 4 atom stereocenters. The van der Waals surface area contributed by atoms with E-state index in [-0.39, 0.29) is 35.7 Å². The number of aromatic nitrogens is 4. The number of nitrogens with zero attached hydrogens (tertiary/aromatic N) is 4. The fourth-order valence-corrected chi connectivity index (χ4v) is 8.45. The quantitative estimate of drug-likeness (QED) is 0.117. The van der Waals surface area contributed by atoms with Gasteiger partial charge in [-0.1, -0.05) is 24.3 Å². The number of likely N-dealkylation sites (tertiary alicyclic amines) is 2. The van der Waals surface area contributed by atoms with Gasteiger partial charge in [-0.3, -0.25) is 9.59 Å². The van der Waals surface area contributed by atoms with Crippen LogP contribution in [0.15, 0.2) is 65.3 Å². The van der Waals surface area contributed by atoms with Gasteiger partial charge in [0.25, 0.3) is 0 Å². The van der Waals surface area contributed by atoms with Crippen molar-refractivity contribution < 1.29 is 33.1 Å². The average molecular weight is 775 g/mol. The molecule has 4 amide bonds. The summed E-state index contributed by atoms with van der Waals surface area (Å²) in [7, 11) is 2.61. The predicted octanol–water partition coefficient (Wildman–Crippen LogP) is 6.48. The Labute approximate surface area is 328 Å². The molecule has 2 aromatic carbocycles. The maximum absolute atomic E-state index is 13.6. The monoisotopic (exact) mass is 774 g/mol. The van der Waals surface area contributed by atoms with E-state index in [0.29, 0.717) is 13.1 Å². The second-order valence-electron chi connectivity index (χ2n) is 15.6. The number of H-pyrrole nitrogens is 2. The number of alkyl carbamates (subject to hydrolysis) is 2. The van der Waals surface area contributed by atoms with E-state index in [4.69, 9.17) is 18.9 Å². The largest absolute Gasteiger partial charge is 0.456 e. The minimum atomic E-state index is -0.590. The van der Waals surface area contributed by atoms with Crippen LogP contribution in [0.5, 0.6) is 0 Å². The van der Waals surface area contributed by atoms with Gasteiger partial charge in [0.2, 0.25) is 11.8 Å². The Morgan fingerprint density at radius 2 is 1.18 bits per heavy atom. The van der Waals surface area contributed by atoms with Gasteiger partial charge >= 0.3 is 12.2 Å². The molecule has 15 nitrogen and oxygen atoms in total. The van der Waals surface area contributed by atoms with Crippen LogP contribution in [0, 0.1) is 11.8 Å². The molecule has 3 aromatic heterocycles. The Kier molecular flexibility index (Phi) is 9.66. The van der Waals surface area contributed by atoms with Crippen molar-refractivity contribution >= 4 is 35.0 Å². The van der Waals surface area contributed by atoms with Crippen molar-refractivity contribution in [1.82, 2.24) is 40.4 Å². The number of furan rings is 1. The van der Waals surface area contributed by atoms with Crippen LogP contribution in [0.4, 0.5) is 9.59 Å². The van der Waals surface area contributed by atoms with Crippen LogP contribution in [0.2, 0.25) is 0 Å². The van der Waals surface area contributed by atoms with Crippen molar-refractivity contribution in [3.05, 3.63) is 72.6 Å². The van der Waals surface area contributed by atoms with Crippen molar-refractivity contribution in [2.24, 2.45) is 11.8 Å². The fraction of sp³-hybridized carbons (Fsp3) is 0.429. The van der Waals surface area contributed by atoms with Gasteiger partial charge in [-0.15, -0.1) is 0 Å². The minimum Gasteiger partial charge on any atom is -0.456 e. The summed E-state index contributed by atoms with van der Waals surface area (Å²) in [6.07, 6.45) is 9.36. The highest BCUT2D eigenvalue weighted by molar-refractivity contribution is 5.89.